The summed E-state index contributed by atoms with van der Waals surface area (Å²) in [5.41, 5.74) is 7.14. The molecule has 0 bridgehead atoms. The smallest absolute Gasteiger partial charge is 0.172 e. The molecule has 7 aromatic carbocycles. The molecule has 1 atom stereocenters. The first kappa shape index (κ1) is 28.6. The average molecular weight is 633 g/mol. The van der Waals surface area contributed by atoms with Crippen molar-refractivity contribution >= 4 is 45.4 Å². The molecule has 0 N–H and O–H groups in total. The molecule has 7 aromatic rings. The topological polar surface area (TPSA) is 26.3 Å². The summed E-state index contributed by atoms with van der Waals surface area (Å²) >= 11 is 6.75. The molecule has 0 spiro atoms. The number of hydrogen-bond acceptors (Lipinski definition) is 2. The van der Waals surface area contributed by atoms with Crippen LogP contribution in [0.5, 0.6) is 5.75 Å². The van der Waals surface area contributed by atoms with Gasteiger partial charge in [0.2, 0.25) is 0 Å². The number of fused-ring (bicyclic) bond motifs is 4. The van der Waals surface area contributed by atoms with Crippen molar-refractivity contribution in [3.8, 4) is 28.0 Å². The standard InChI is InChI=1S/C42H30ClO2P/c1-28-21-23-29(24-22-28)38-34-19-11-12-20-35(34)42(46(44,32-15-7-3-8-16-32)33-17-9-4-10-18-33)40-39(38)36-27-31(43)25-26-37(36)45-41(40)30-13-5-2-6-14-30/h2-27,41H,1H3. The second-order valence-corrected chi connectivity index (χ2v) is 14.9. The van der Waals surface area contributed by atoms with E-state index in [4.69, 9.17) is 16.3 Å². The van der Waals surface area contributed by atoms with Crippen molar-refractivity contribution in [2.45, 2.75) is 13.0 Å². The molecule has 1 aliphatic rings. The van der Waals surface area contributed by atoms with Gasteiger partial charge in [0, 0.05) is 37.6 Å². The number of hydrogen-bond donors (Lipinski definition) is 0. The molecule has 1 aliphatic heterocycles. The highest BCUT2D eigenvalue weighted by Crippen LogP contribution is 2.56. The van der Waals surface area contributed by atoms with E-state index in [9.17, 15) is 0 Å². The molecule has 222 valence electrons. The summed E-state index contributed by atoms with van der Waals surface area (Å²) in [5, 5.41) is 4.95. The van der Waals surface area contributed by atoms with Gasteiger partial charge in [-0.2, -0.15) is 0 Å². The van der Waals surface area contributed by atoms with Gasteiger partial charge < -0.3 is 9.30 Å². The summed E-state index contributed by atoms with van der Waals surface area (Å²) in [7, 11) is -3.50. The average Bonchev–Trinajstić information content (AvgIpc) is 3.11. The maximum Gasteiger partial charge on any atom is 0.172 e. The Hall–Kier alpha value is -4.88. The molecule has 0 aliphatic carbocycles. The normalized spacial score (nSPS) is 13.9. The van der Waals surface area contributed by atoms with Gasteiger partial charge in [0.05, 0.1) is 0 Å². The maximum atomic E-state index is 16.5. The SMILES string of the molecule is Cc1ccc(-c2c3c(c(P(=O)(c4ccccc4)c4ccccc4)c4ccccc24)C(c2ccccc2)Oc2ccc(Cl)cc2-3)cc1. The third kappa shape index (κ3) is 4.60. The summed E-state index contributed by atoms with van der Waals surface area (Å²) in [5.74, 6) is 0.745. The van der Waals surface area contributed by atoms with E-state index in [0.717, 1.165) is 65.8 Å². The minimum absolute atomic E-state index is 0.519. The fraction of sp³-hybridized carbons (Fsp3) is 0.0476. The van der Waals surface area contributed by atoms with Crippen molar-refractivity contribution < 1.29 is 9.30 Å². The van der Waals surface area contributed by atoms with Crippen LogP contribution in [0.3, 0.4) is 0 Å². The third-order valence-corrected chi connectivity index (χ3v) is 12.3. The Labute approximate surface area is 274 Å². The van der Waals surface area contributed by atoms with Crippen molar-refractivity contribution in [3.63, 3.8) is 0 Å². The molecule has 0 radical (unpaired) electrons. The number of aryl methyl sites for hydroxylation is 1. The summed E-state index contributed by atoms with van der Waals surface area (Å²) in [6, 6.07) is 53.0. The molecule has 1 unspecified atom stereocenters. The lowest BCUT2D eigenvalue weighted by Gasteiger charge is -2.36. The van der Waals surface area contributed by atoms with Crippen LogP contribution < -0.4 is 20.7 Å². The van der Waals surface area contributed by atoms with Crippen molar-refractivity contribution in [1.82, 2.24) is 0 Å². The van der Waals surface area contributed by atoms with Gasteiger partial charge in [-0.25, -0.2) is 0 Å². The van der Waals surface area contributed by atoms with Crippen LogP contribution in [-0.2, 0) is 4.57 Å². The maximum absolute atomic E-state index is 16.5. The lowest BCUT2D eigenvalue weighted by Crippen LogP contribution is -2.32. The quantitative estimate of drug-likeness (QED) is 0.177. The van der Waals surface area contributed by atoms with E-state index in [1.54, 1.807) is 0 Å². The summed E-state index contributed by atoms with van der Waals surface area (Å²) in [6.07, 6.45) is -0.519. The monoisotopic (exact) mass is 632 g/mol. The van der Waals surface area contributed by atoms with Crippen LogP contribution in [-0.4, -0.2) is 0 Å². The Bertz CT molecular complexity index is 2220. The molecular formula is C42H30ClO2P. The van der Waals surface area contributed by atoms with Crippen LogP contribution in [0, 0.1) is 6.92 Å². The van der Waals surface area contributed by atoms with Crippen molar-refractivity contribution in [1.29, 1.82) is 0 Å². The molecule has 8 rings (SSSR count). The fourth-order valence-electron chi connectivity index (χ4n) is 6.87. The Morgan fingerprint density at radius 2 is 1.17 bits per heavy atom. The molecule has 0 saturated heterocycles. The molecule has 0 saturated carbocycles. The van der Waals surface area contributed by atoms with Gasteiger partial charge in [-0.3, -0.25) is 0 Å². The van der Waals surface area contributed by atoms with Crippen LogP contribution in [0.2, 0.25) is 5.02 Å². The molecule has 0 amide bonds. The predicted molar refractivity (Wildman–Crippen MR) is 193 cm³/mol. The third-order valence-electron chi connectivity index (χ3n) is 8.94. The first-order valence-corrected chi connectivity index (χ1v) is 17.5. The number of ether oxygens (including phenoxy) is 1. The highest BCUT2D eigenvalue weighted by Gasteiger charge is 2.42. The first-order valence-electron chi connectivity index (χ1n) is 15.4. The largest absolute Gasteiger partial charge is 0.480 e. The molecular weight excluding hydrogens is 603 g/mol. The lowest BCUT2D eigenvalue weighted by atomic mass is 9.81. The fourth-order valence-corrected chi connectivity index (χ4v) is 10.1. The Morgan fingerprint density at radius 3 is 1.80 bits per heavy atom. The van der Waals surface area contributed by atoms with Crippen LogP contribution >= 0.6 is 18.7 Å². The van der Waals surface area contributed by atoms with E-state index >= 15 is 4.57 Å². The van der Waals surface area contributed by atoms with Gasteiger partial charge in [-0.05, 0) is 52.6 Å². The Morgan fingerprint density at radius 1 is 0.609 bits per heavy atom. The van der Waals surface area contributed by atoms with E-state index < -0.39 is 13.2 Å². The van der Waals surface area contributed by atoms with Crippen molar-refractivity contribution in [2.24, 2.45) is 0 Å². The zero-order chi connectivity index (χ0) is 31.3. The lowest BCUT2D eigenvalue weighted by molar-refractivity contribution is 0.245. The number of halogens is 1. The van der Waals surface area contributed by atoms with E-state index in [-0.39, 0.29) is 0 Å². The molecule has 1 heterocycles. The zero-order valence-electron chi connectivity index (χ0n) is 25.2. The van der Waals surface area contributed by atoms with Gasteiger partial charge in [-0.1, -0.05) is 157 Å². The predicted octanol–water partition coefficient (Wildman–Crippen LogP) is 10.3. The van der Waals surface area contributed by atoms with Crippen LogP contribution in [0.25, 0.3) is 33.0 Å². The van der Waals surface area contributed by atoms with Crippen molar-refractivity contribution in [2.75, 3.05) is 0 Å². The zero-order valence-corrected chi connectivity index (χ0v) is 26.9. The summed E-state index contributed by atoms with van der Waals surface area (Å²) in [6.45, 7) is 2.10. The Balaban J connectivity index is 1.64. The van der Waals surface area contributed by atoms with Crippen LogP contribution in [0.15, 0.2) is 158 Å². The van der Waals surface area contributed by atoms with Gasteiger partial charge in [0.15, 0.2) is 13.2 Å². The van der Waals surface area contributed by atoms with E-state index in [1.807, 2.05) is 103 Å². The molecule has 4 heteroatoms. The summed E-state index contributed by atoms with van der Waals surface area (Å²) in [4.78, 5) is 0. The van der Waals surface area contributed by atoms with E-state index in [0.29, 0.717) is 5.02 Å². The summed E-state index contributed by atoms with van der Waals surface area (Å²) < 4.78 is 23.5. The van der Waals surface area contributed by atoms with Gasteiger partial charge in [0.25, 0.3) is 0 Å². The highest BCUT2D eigenvalue weighted by atomic mass is 35.5. The van der Waals surface area contributed by atoms with Gasteiger partial charge in [0.1, 0.15) is 5.75 Å². The number of benzene rings is 7. The van der Waals surface area contributed by atoms with Gasteiger partial charge in [-0.15, -0.1) is 0 Å². The van der Waals surface area contributed by atoms with Crippen molar-refractivity contribution in [3.05, 3.63) is 179 Å². The Kier molecular flexibility index (Phi) is 7.14. The second-order valence-electron chi connectivity index (χ2n) is 11.8. The minimum Gasteiger partial charge on any atom is -0.480 e. The molecule has 0 fully saturated rings. The minimum atomic E-state index is -3.50. The molecule has 2 nitrogen and oxygen atoms in total. The first-order chi connectivity index (χ1) is 22.5. The molecule has 46 heavy (non-hydrogen) atoms. The van der Waals surface area contributed by atoms with E-state index in [1.165, 1.54) is 5.56 Å². The molecule has 0 aromatic heterocycles. The second kappa shape index (κ2) is 11.5. The highest BCUT2D eigenvalue weighted by molar-refractivity contribution is 7.85. The van der Waals surface area contributed by atoms with Crippen LogP contribution in [0.1, 0.15) is 22.8 Å². The number of rotatable bonds is 5. The van der Waals surface area contributed by atoms with E-state index in [2.05, 4.69) is 61.5 Å². The van der Waals surface area contributed by atoms with Gasteiger partial charge >= 0.3 is 0 Å². The van der Waals surface area contributed by atoms with Crippen LogP contribution in [0.4, 0.5) is 0 Å².